The third kappa shape index (κ3) is 2.81. The third-order valence-corrected chi connectivity index (χ3v) is 5.51. The highest BCUT2D eigenvalue weighted by Crippen LogP contribution is 2.50. The van der Waals surface area contributed by atoms with Crippen molar-refractivity contribution in [1.82, 2.24) is 5.01 Å². The van der Waals surface area contributed by atoms with E-state index in [2.05, 4.69) is 23.2 Å². The van der Waals surface area contributed by atoms with Crippen molar-refractivity contribution < 1.29 is 9.47 Å². The fourth-order valence-electron chi connectivity index (χ4n) is 3.90. The minimum Gasteiger partial charge on any atom is -0.493 e. The SMILES string of the molecule is COc1cccc2c1O[C@H](c1ccc(Cl)cc1)N1N=C(c3ccccc3)C[C@H]21. The van der Waals surface area contributed by atoms with Gasteiger partial charge in [-0.15, -0.1) is 0 Å². The van der Waals surface area contributed by atoms with Gasteiger partial charge in [-0.2, -0.15) is 5.10 Å². The van der Waals surface area contributed by atoms with Gasteiger partial charge in [0.25, 0.3) is 0 Å². The van der Waals surface area contributed by atoms with E-state index < -0.39 is 0 Å². The molecule has 0 aromatic heterocycles. The highest BCUT2D eigenvalue weighted by molar-refractivity contribution is 6.30. The smallest absolute Gasteiger partial charge is 0.214 e. The van der Waals surface area contributed by atoms with Crippen molar-refractivity contribution in [2.45, 2.75) is 18.7 Å². The number of para-hydroxylation sites is 1. The van der Waals surface area contributed by atoms with Gasteiger partial charge in [-0.25, -0.2) is 5.01 Å². The van der Waals surface area contributed by atoms with Crippen LogP contribution in [0.25, 0.3) is 0 Å². The molecule has 2 aliphatic rings. The Hall–Kier alpha value is -2.98. The van der Waals surface area contributed by atoms with Crippen molar-refractivity contribution in [3.05, 3.63) is 94.5 Å². The quantitative estimate of drug-likeness (QED) is 0.584. The van der Waals surface area contributed by atoms with Gasteiger partial charge in [-0.05, 0) is 23.8 Å². The predicted molar refractivity (Wildman–Crippen MR) is 110 cm³/mol. The average molecular weight is 391 g/mol. The molecule has 3 aromatic carbocycles. The van der Waals surface area contributed by atoms with Gasteiger partial charge in [-0.1, -0.05) is 66.2 Å². The monoisotopic (exact) mass is 390 g/mol. The van der Waals surface area contributed by atoms with Gasteiger partial charge in [-0.3, -0.25) is 0 Å². The van der Waals surface area contributed by atoms with E-state index in [1.165, 1.54) is 0 Å². The third-order valence-electron chi connectivity index (χ3n) is 5.26. The number of hydrogen-bond acceptors (Lipinski definition) is 4. The van der Waals surface area contributed by atoms with E-state index in [0.717, 1.165) is 40.3 Å². The van der Waals surface area contributed by atoms with Gasteiger partial charge in [0, 0.05) is 22.6 Å². The first-order valence-corrected chi connectivity index (χ1v) is 9.62. The minimum absolute atomic E-state index is 0.0923. The zero-order valence-electron chi connectivity index (χ0n) is 15.4. The summed E-state index contributed by atoms with van der Waals surface area (Å²) in [6.07, 6.45) is 0.477. The number of hydrogen-bond donors (Lipinski definition) is 0. The lowest BCUT2D eigenvalue weighted by Crippen LogP contribution is -2.33. The van der Waals surface area contributed by atoms with E-state index in [1.54, 1.807) is 7.11 Å². The van der Waals surface area contributed by atoms with Crippen LogP contribution in [0.4, 0.5) is 0 Å². The molecule has 3 aromatic rings. The number of ether oxygens (including phenoxy) is 2. The molecule has 0 amide bonds. The molecule has 5 rings (SSSR count). The van der Waals surface area contributed by atoms with E-state index in [-0.39, 0.29) is 12.3 Å². The molecule has 0 aliphatic carbocycles. The maximum Gasteiger partial charge on any atom is 0.214 e. The van der Waals surface area contributed by atoms with Crippen LogP contribution in [0.1, 0.15) is 35.4 Å². The van der Waals surface area contributed by atoms with Gasteiger partial charge in [0.2, 0.25) is 6.23 Å². The van der Waals surface area contributed by atoms with Crippen LogP contribution in [0.3, 0.4) is 0 Å². The Labute approximate surface area is 169 Å². The van der Waals surface area contributed by atoms with Crippen molar-refractivity contribution in [3.8, 4) is 11.5 Å². The number of rotatable bonds is 3. The second kappa shape index (κ2) is 6.88. The van der Waals surface area contributed by atoms with Crippen LogP contribution < -0.4 is 9.47 Å². The Morgan fingerprint density at radius 1 is 1.00 bits per heavy atom. The van der Waals surface area contributed by atoms with Crippen LogP contribution in [0.2, 0.25) is 5.02 Å². The molecule has 5 heteroatoms. The van der Waals surface area contributed by atoms with E-state index in [0.29, 0.717) is 5.02 Å². The Bertz CT molecular complexity index is 1030. The highest BCUT2D eigenvalue weighted by Gasteiger charge is 2.42. The molecule has 0 saturated heterocycles. The lowest BCUT2D eigenvalue weighted by atomic mass is 9.95. The van der Waals surface area contributed by atoms with Crippen LogP contribution in [-0.4, -0.2) is 17.8 Å². The summed E-state index contributed by atoms with van der Waals surface area (Å²) in [4.78, 5) is 0. The fraction of sp³-hybridized carbons (Fsp3) is 0.174. The number of hydrazone groups is 1. The molecule has 0 saturated carbocycles. The van der Waals surface area contributed by atoms with Crippen LogP contribution >= 0.6 is 11.6 Å². The van der Waals surface area contributed by atoms with Gasteiger partial charge in [0.1, 0.15) is 0 Å². The van der Waals surface area contributed by atoms with Crippen LogP contribution in [0.15, 0.2) is 77.9 Å². The van der Waals surface area contributed by atoms with E-state index >= 15 is 0 Å². The van der Waals surface area contributed by atoms with Crippen molar-refractivity contribution in [2.24, 2.45) is 5.10 Å². The summed E-state index contributed by atoms with van der Waals surface area (Å²) in [5, 5.41) is 7.73. The van der Waals surface area contributed by atoms with E-state index in [1.807, 2.05) is 54.6 Å². The number of halogens is 1. The fourth-order valence-corrected chi connectivity index (χ4v) is 4.02. The first kappa shape index (κ1) is 17.1. The Balaban J connectivity index is 1.62. The first-order valence-electron chi connectivity index (χ1n) is 9.25. The molecule has 2 heterocycles. The summed E-state index contributed by atoms with van der Waals surface area (Å²) < 4.78 is 12.0. The molecular formula is C23H19ClN2O2. The molecule has 4 nitrogen and oxygen atoms in total. The number of fused-ring (bicyclic) bond motifs is 3. The summed E-state index contributed by atoms with van der Waals surface area (Å²) in [6.45, 7) is 0. The molecule has 2 aliphatic heterocycles. The normalized spacial score (nSPS) is 20.1. The molecule has 0 spiro atoms. The molecule has 0 fully saturated rings. The van der Waals surface area contributed by atoms with E-state index in [9.17, 15) is 0 Å². The summed E-state index contributed by atoms with van der Waals surface area (Å²) >= 11 is 6.09. The Morgan fingerprint density at radius 2 is 1.79 bits per heavy atom. The summed E-state index contributed by atoms with van der Waals surface area (Å²) in [7, 11) is 1.67. The van der Waals surface area contributed by atoms with Crippen LogP contribution in [-0.2, 0) is 0 Å². The molecule has 140 valence electrons. The molecule has 0 unspecified atom stereocenters. The van der Waals surface area contributed by atoms with Gasteiger partial charge < -0.3 is 9.47 Å². The molecule has 28 heavy (non-hydrogen) atoms. The molecular weight excluding hydrogens is 372 g/mol. The van der Waals surface area contributed by atoms with Gasteiger partial charge in [0.15, 0.2) is 11.5 Å². The summed E-state index contributed by atoms with van der Waals surface area (Å²) in [5.74, 6) is 1.53. The van der Waals surface area contributed by atoms with E-state index in [4.69, 9.17) is 26.2 Å². The maximum atomic E-state index is 6.43. The van der Waals surface area contributed by atoms with Crippen molar-refractivity contribution >= 4 is 17.3 Å². The van der Waals surface area contributed by atoms with Crippen molar-refractivity contribution in [3.63, 3.8) is 0 Å². The average Bonchev–Trinajstić information content (AvgIpc) is 3.20. The molecule has 2 atom stereocenters. The highest BCUT2D eigenvalue weighted by atomic mass is 35.5. The topological polar surface area (TPSA) is 34.1 Å². The maximum absolute atomic E-state index is 6.43. The number of benzene rings is 3. The van der Waals surface area contributed by atoms with Crippen LogP contribution in [0, 0.1) is 0 Å². The summed E-state index contributed by atoms with van der Waals surface area (Å²) in [5.41, 5.74) is 4.29. The summed E-state index contributed by atoms with van der Waals surface area (Å²) in [6, 6.07) is 24.2. The Morgan fingerprint density at radius 3 is 2.54 bits per heavy atom. The molecule has 0 bridgehead atoms. The second-order valence-corrected chi connectivity index (χ2v) is 7.35. The molecule has 0 radical (unpaired) electrons. The zero-order valence-corrected chi connectivity index (χ0v) is 16.1. The van der Waals surface area contributed by atoms with Crippen molar-refractivity contribution in [1.29, 1.82) is 0 Å². The zero-order chi connectivity index (χ0) is 19.1. The Kier molecular flexibility index (Phi) is 4.21. The van der Waals surface area contributed by atoms with Gasteiger partial charge >= 0.3 is 0 Å². The molecule has 0 N–H and O–H groups in total. The minimum atomic E-state index is -0.340. The van der Waals surface area contributed by atoms with Crippen LogP contribution in [0.5, 0.6) is 11.5 Å². The lowest BCUT2D eigenvalue weighted by molar-refractivity contribution is -0.0208. The number of methoxy groups -OCH3 is 1. The van der Waals surface area contributed by atoms with Crippen molar-refractivity contribution in [2.75, 3.05) is 7.11 Å². The lowest BCUT2D eigenvalue weighted by Gasteiger charge is -2.38. The standard InChI is InChI=1S/C23H19ClN2O2/c1-27-21-9-5-8-18-20-14-19(15-6-3-2-4-7-15)25-26(20)23(28-22(18)21)16-10-12-17(24)13-11-16/h2-13,20,23H,14H2,1H3/t20-,23-/m1/s1. The largest absolute Gasteiger partial charge is 0.493 e. The number of nitrogens with zero attached hydrogens (tertiary/aromatic N) is 2. The first-order chi connectivity index (χ1) is 13.7. The predicted octanol–water partition coefficient (Wildman–Crippen LogP) is 5.59. The van der Waals surface area contributed by atoms with Gasteiger partial charge in [0.05, 0.1) is 18.9 Å². The second-order valence-electron chi connectivity index (χ2n) is 6.91.